The second kappa shape index (κ2) is 4.22. The van der Waals surface area contributed by atoms with Crippen molar-refractivity contribution in [1.29, 1.82) is 5.26 Å². The average molecular weight is 225 g/mol. The Balaban J connectivity index is 2.68. The third kappa shape index (κ3) is 2.08. The highest BCUT2D eigenvalue weighted by atomic mass is 16.1. The lowest BCUT2D eigenvalue weighted by Crippen LogP contribution is -2.16. The molecule has 0 aliphatic carbocycles. The first kappa shape index (κ1) is 11.1. The van der Waals surface area contributed by atoms with Crippen LogP contribution in [-0.4, -0.2) is 9.78 Å². The molecule has 0 radical (unpaired) electrons. The van der Waals surface area contributed by atoms with Gasteiger partial charge in [0.15, 0.2) is 0 Å². The van der Waals surface area contributed by atoms with Crippen LogP contribution >= 0.6 is 0 Å². The molecule has 0 unspecified atom stereocenters. The quantitative estimate of drug-likeness (QED) is 0.742. The maximum absolute atomic E-state index is 11.4. The first-order valence-corrected chi connectivity index (χ1v) is 5.20. The summed E-state index contributed by atoms with van der Waals surface area (Å²) < 4.78 is 1.60. The number of aromatic nitrogens is 2. The van der Waals surface area contributed by atoms with Gasteiger partial charge in [0.05, 0.1) is 5.69 Å². The zero-order valence-electron chi connectivity index (χ0n) is 9.64. The van der Waals surface area contributed by atoms with Crippen molar-refractivity contribution in [3.63, 3.8) is 0 Å². The molecule has 0 saturated carbocycles. The van der Waals surface area contributed by atoms with E-state index in [2.05, 4.69) is 5.10 Å². The van der Waals surface area contributed by atoms with Crippen LogP contribution in [0.3, 0.4) is 0 Å². The van der Waals surface area contributed by atoms with Crippen LogP contribution in [0.15, 0.2) is 35.1 Å². The van der Waals surface area contributed by atoms with Crippen LogP contribution in [0.2, 0.25) is 0 Å². The highest BCUT2D eigenvalue weighted by Crippen LogP contribution is 2.10. The number of benzene rings is 1. The van der Waals surface area contributed by atoms with E-state index in [0.29, 0.717) is 5.69 Å². The lowest BCUT2D eigenvalue weighted by molar-refractivity contribution is 0.789. The minimum absolute atomic E-state index is 0.0860. The molecule has 84 valence electrons. The Kier molecular flexibility index (Phi) is 2.75. The maximum Gasteiger partial charge on any atom is 0.218 e. The molecule has 1 aromatic heterocycles. The van der Waals surface area contributed by atoms with Crippen LogP contribution in [0.25, 0.3) is 5.69 Å². The second-order valence-electron chi connectivity index (χ2n) is 3.86. The van der Waals surface area contributed by atoms with Crippen LogP contribution < -0.4 is 5.43 Å². The van der Waals surface area contributed by atoms with E-state index in [9.17, 15) is 4.79 Å². The Morgan fingerprint density at radius 2 is 2.06 bits per heavy atom. The molecule has 1 aromatic carbocycles. The van der Waals surface area contributed by atoms with E-state index in [0.717, 1.165) is 11.3 Å². The summed E-state index contributed by atoms with van der Waals surface area (Å²) in [5, 5.41) is 12.9. The number of aryl methyl sites for hydroxylation is 2. The summed E-state index contributed by atoms with van der Waals surface area (Å²) in [7, 11) is 0. The molecule has 4 nitrogen and oxygen atoms in total. The van der Waals surface area contributed by atoms with E-state index >= 15 is 0 Å². The minimum Gasteiger partial charge on any atom is -0.287 e. The highest BCUT2D eigenvalue weighted by molar-refractivity contribution is 5.36. The van der Waals surface area contributed by atoms with E-state index in [1.54, 1.807) is 17.7 Å². The third-order valence-electron chi connectivity index (χ3n) is 2.46. The third-order valence-corrected chi connectivity index (χ3v) is 2.46. The molecule has 17 heavy (non-hydrogen) atoms. The van der Waals surface area contributed by atoms with E-state index in [4.69, 9.17) is 5.26 Å². The van der Waals surface area contributed by atoms with E-state index < -0.39 is 0 Å². The van der Waals surface area contributed by atoms with Crippen molar-refractivity contribution >= 4 is 0 Å². The SMILES string of the molecule is Cc1cccc(-n2nc(C#N)c(=O)cc2C)c1. The normalized spacial score (nSPS) is 9.94. The van der Waals surface area contributed by atoms with Gasteiger partial charge >= 0.3 is 0 Å². The predicted octanol–water partition coefficient (Wildman–Crippen LogP) is 1.72. The molecule has 4 heteroatoms. The van der Waals surface area contributed by atoms with Gasteiger partial charge in [-0.3, -0.25) is 4.79 Å². The fourth-order valence-corrected chi connectivity index (χ4v) is 1.65. The number of nitriles is 1. The van der Waals surface area contributed by atoms with Crippen molar-refractivity contribution in [2.24, 2.45) is 0 Å². The fraction of sp³-hybridized carbons (Fsp3) is 0.154. The highest BCUT2D eigenvalue weighted by Gasteiger charge is 2.06. The van der Waals surface area contributed by atoms with Gasteiger partial charge in [-0.2, -0.15) is 10.4 Å². The molecule has 1 heterocycles. The fourth-order valence-electron chi connectivity index (χ4n) is 1.65. The van der Waals surface area contributed by atoms with Crippen LogP contribution in [0.5, 0.6) is 0 Å². The first-order chi connectivity index (χ1) is 8.11. The Hall–Kier alpha value is -2.41. The van der Waals surface area contributed by atoms with Gasteiger partial charge in [-0.25, -0.2) is 4.68 Å². The van der Waals surface area contributed by atoms with Crippen LogP contribution in [-0.2, 0) is 0 Å². The molecule has 0 N–H and O–H groups in total. The molecule has 0 fully saturated rings. The molecule has 0 aliphatic rings. The Labute approximate surface area is 98.8 Å². The average Bonchev–Trinajstić information content (AvgIpc) is 2.29. The summed E-state index contributed by atoms with van der Waals surface area (Å²) in [6, 6.07) is 11.0. The smallest absolute Gasteiger partial charge is 0.218 e. The summed E-state index contributed by atoms with van der Waals surface area (Å²) in [4.78, 5) is 11.4. The lowest BCUT2D eigenvalue weighted by Gasteiger charge is -2.09. The number of hydrogen-bond donors (Lipinski definition) is 0. The zero-order chi connectivity index (χ0) is 12.4. The molecule has 2 aromatic rings. The summed E-state index contributed by atoms with van der Waals surface area (Å²) in [5.74, 6) is 0. The standard InChI is InChI=1S/C13H11N3O/c1-9-4-3-5-11(6-9)16-10(2)7-13(17)12(8-14)15-16/h3-7H,1-2H3. The van der Waals surface area contributed by atoms with Gasteiger partial charge in [-0.05, 0) is 31.5 Å². The Morgan fingerprint density at radius 1 is 1.29 bits per heavy atom. The zero-order valence-corrected chi connectivity index (χ0v) is 9.64. The van der Waals surface area contributed by atoms with Gasteiger partial charge in [0.2, 0.25) is 11.1 Å². The summed E-state index contributed by atoms with van der Waals surface area (Å²) in [6.45, 7) is 3.77. The van der Waals surface area contributed by atoms with Crippen molar-refractivity contribution in [3.05, 3.63) is 57.5 Å². The molecule has 0 aliphatic heterocycles. The Morgan fingerprint density at radius 3 is 2.71 bits per heavy atom. The predicted molar refractivity (Wildman–Crippen MR) is 64.0 cm³/mol. The van der Waals surface area contributed by atoms with Crippen molar-refractivity contribution in [1.82, 2.24) is 9.78 Å². The van der Waals surface area contributed by atoms with Crippen molar-refractivity contribution in [3.8, 4) is 11.8 Å². The molecule has 0 spiro atoms. The molecule has 0 atom stereocenters. The number of hydrogen-bond acceptors (Lipinski definition) is 3. The maximum atomic E-state index is 11.4. The van der Waals surface area contributed by atoms with Crippen LogP contribution in [0.4, 0.5) is 0 Å². The van der Waals surface area contributed by atoms with Gasteiger partial charge in [-0.1, -0.05) is 12.1 Å². The van der Waals surface area contributed by atoms with E-state index in [1.807, 2.05) is 31.2 Å². The van der Waals surface area contributed by atoms with Gasteiger partial charge in [-0.15, -0.1) is 0 Å². The minimum atomic E-state index is -0.339. The molecule has 2 rings (SSSR count). The molecule has 0 amide bonds. The van der Waals surface area contributed by atoms with Crippen LogP contribution in [0, 0.1) is 25.2 Å². The number of rotatable bonds is 1. The lowest BCUT2D eigenvalue weighted by atomic mass is 10.2. The molecule has 0 saturated heterocycles. The van der Waals surface area contributed by atoms with Gasteiger partial charge in [0.25, 0.3) is 0 Å². The largest absolute Gasteiger partial charge is 0.287 e. The van der Waals surface area contributed by atoms with E-state index in [1.165, 1.54) is 6.07 Å². The monoisotopic (exact) mass is 225 g/mol. The molecule has 0 bridgehead atoms. The molecular formula is C13H11N3O. The van der Waals surface area contributed by atoms with Crippen LogP contribution in [0.1, 0.15) is 17.0 Å². The van der Waals surface area contributed by atoms with Gasteiger partial charge in [0, 0.05) is 11.8 Å². The number of nitrogens with zero attached hydrogens (tertiary/aromatic N) is 3. The summed E-state index contributed by atoms with van der Waals surface area (Å²) >= 11 is 0. The van der Waals surface area contributed by atoms with Crippen molar-refractivity contribution < 1.29 is 0 Å². The summed E-state index contributed by atoms with van der Waals surface area (Å²) in [6.07, 6.45) is 0. The molecular weight excluding hydrogens is 214 g/mol. The van der Waals surface area contributed by atoms with Gasteiger partial charge in [0.1, 0.15) is 6.07 Å². The van der Waals surface area contributed by atoms with Crippen molar-refractivity contribution in [2.45, 2.75) is 13.8 Å². The van der Waals surface area contributed by atoms with Crippen molar-refractivity contribution in [2.75, 3.05) is 0 Å². The first-order valence-electron chi connectivity index (χ1n) is 5.20. The second-order valence-corrected chi connectivity index (χ2v) is 3.86. The topological polar surface area (TPSA) is 58.7 Å². The van der Waals surface area contributed by atoms with E-state index in [-0.39, 0.29) is 11.1 Å². The van der Waals surface area contributed by atoms with Gasteiger partial charge < -0.3 is 0 Å². The Bertz CT molecular complexity index is 665. The summed E-state index contributed by atoms with van der Waals surface area (Å²) in [5.41, 5.74) is 2.23.